The summed E-state index contributed by atoms with van der Waals surface area (Å²) < 4.78 is 2.10. The van der Waals surface area contributed by atoms with E-state index >= 15 is 0 Å². The molecule has 2 rings (SSSR count). The summed E-state index contributed by atoms with van der Waals surface area (Å²) in [5.74, 6) is 0.170. The third-order valence-corrected chi connectivity index (χ3v) is 3.46. The molecular formula is C15H20N2O. The molecule has 1 aromatic heterocycles. The van der Waals surface area contributed by atoms with Crippen LogP contribution in [0.15, 0.2) is 18.2 Å². The average Bonchev–Trinajstić information content (AvgIpc) is 2.60. The zero-order valence-electron chi connectivity index (χ0n) is 11.5. The molecule has 96 valence electrons. The van der Waals surface area contributed by atoms with E-state index in [9.17, 15) is 4.79 Å². The summed E-state index contributed by atoms with van der Waals surface area (Å²) in [5.41, 5.74) is 4.24. The molecule has 1 heterocycles. The van der Waals surface area contributed by atoms with Crippen LogP contribution in [-0.2, 0) is 7.05 Å². The fourth-order valence-electron chi connectivity index (χ4n) is 2.35. The maximum atomic E-state index is 12.3. The van der Waals surface area contributed by atoms with E-state index in [0.717, 1.165) is 28.7 Å². The minimum Gasteiger partial charge on any atom is -0.347 e. The zero-order valence-corrected chi connectivity index (χ0v) is 11.5. The van der Waals surface area contributed by atoms with Crippen LogP contribution in [0.4, 0.5) is 0 Å². The van der Waals surface area contributed by atoms with Gasteiger partial charge in [-0.3, -0.25) is 4.79 Å². The van der Waals surface area contributed by atoms with Gasteiger partial charge in [0.25, 0.3) is 0 Å². The Morgan fingerprint density at radius 2 is 2.06 bits per heavy atom. The highest BCUT2D eigenvalue weighted by Crippen LogP contribution is 2.26. The Bertz CT molecular complexity index is 596. The van der Waals surface area contributed by atoms with Crippen molar-refractivity contribution in [2.24, 2.45) is 7.05 Å². The fraction of sp³-hybridized carbons (Fsp3) is 0.400. The highest BCUT2D eigenvalue weighted by Gasteiger charge is 2.17. The van der Waals surface area contributed by atoms with E-state index < -0.39 is 0 Å². The molecule has 0 saturated carbocycles. The molecule has 1 aromatic carbocycles. The number of benzene rings is 1. The van der Waals surface area contributed by atoms with Crippen LogP contribution in [0.5, 0.6) is 0 Å². The standard InChI is InChI=1S/C15H20N2O/c1-5-16-9-14(18)15-11(3)17(4)13-8-10(2)6-7-12(13)15/h6-8,16H,5,9H2,1-4H3. The number of fused-ring (bicyclic) bond motifs is 1. The first-order chi connectivity index (χ1) is 8.56. The van der Waals surface area contributed by atoms with E-state index in [2.05, 4.69) is 35.0 Å². The number of hydrogen-bond donors (Lipinski definition) is 1. The number of rotatable bonds is 4. The van der Waals surface area contributed by atoms with Crippen molar-refractivity contribution in [3.63, 3.8) is 0 Å². The molecule has 0 fully saturated rings. The average molecular weight is 244 g/mol. The van der Waals surface area contributed by atoms with Gasteiger partial charge >= 0.3 is 0 Å². The lowest BCUT2D eigenvalue weighted by Crippen LogP contribution is -2.23. The largest absolute Gasteiger partial charge is 0.347 e. The number of carbonyl (C=O) groups is 1. The second-order valence-electron chi connectivity index (χ2n) is 4.74. The van der Waals surface area contributed by atoms with Gasteiger partial charge in [-0.2, -0.15) is 0 Å². The Morgan fingerprint density at radius 1 is 1.33 bits per heavy atom. The molecule has 18 heavy (non-hydrogen) atoms. The van der Waals surface area contributed by atoms with E-state index in [1.54, 1.807) is 0 Å². The van der Waals surface area contributed by atoms with Crippen LogP contribution in [0.1, 0.15) is 28.5 Å². The van der Waals surface area contributed by atoms with Crippen molar-refractivity contribution in [3.8, 4) is 0 Å². The molecule has 3 nitrogen and oxygen atoms in total. The third-order valence-electron chi connectivity index (χ3n) is 3.46. The quantitative estimate of drug-likeness (QED) is 0.839. The Hall–Kier alpha value is -1.61. The first-order valence-corrected chi connectivity index (χ1v) is 6.35. The van der Waals surface area contributed by atoms with Crippen molar-refractivity contribution in [1.29, 1.82) is 0 Å². The Kier molecular flexibility index (Phi) is 3.53. The molecule has 1 N–H and O–H groups in total. The number of aryl methyl sites for hydroxylation is 2. The maximum Gasteiger partial charge on any atom is 0.179 e. The molecule has 2 aromatic rings. The molecule has 0 atom stereocenters. The number of hydrogen-bond acceptors (Lipinski definition) is 2. The first-order valence-electron chi connectivity index (χ1n) is 6.35. The summed E-state index contributed by atoms with van der Waals surface area (Å²) in [6.07, 6.45) is 0. The highest BCUT2D eigenvalue weighted by atomic mass is 16.1. The van der Waals surface area contributed by atoms with Gasteiger partial charge in [0, 0.05) is 29.2 Å². The van der Waals surface area contributed by atoms with Crippen molar-refractivity contribution >= 4 is 16.7 Å². The van der Waals surface area contributed by atoms with E-state index in [4.69, 9.17) is 0 Å². The van der Waals surface area contributed by atoms with E-state index in [0.29, 0.717) is 6.54 Å². The van der Waals surface area contributed by atoms with Gasteiger partial charge in [-0.15, -0.1) is 0 Å². The lowest BCUT2D eigenvalue weighted by Gasteiger charge is -2.02. The normalized spacial score (nSPS) is 11.1. The van der Waals surface area contributed by atoms with Crippen molar-refractivity contribution in [2.45, 2.75) is 20.8 Å². The smallest absolute Gasteiger partial charge is 0.179 e. The van der Waals surface area contributed by atoms with Crippen LogP contribution in [0.3, 0.4) is 0 Å². The highest BCUT2D eigenvalue weighted by molar-refractivity contribution is 6.10. The van der Waals surface area contributed by atoms with Gasteiger partial charge in [-0.05, 0) is 32.0 Å². The molecule has 0 bridgehead atoms. The summed E-state index contributed by atoms with van der Waals surface area (Å²) in [7, 11) is 2.02. The molecule has 0 unspecified atom stereocenters. The number of nitrogens with zero attached hydrogens (tertiary/aromatic N) is 1. The molecule has 0 aliphatic heterocycles. The summed E-state index contributed by atoms with van der Waals surface area (Å²) >= 11 is 0. The number of Topliss-reactive ketones (excluding diaryl/α,β-unsaturated/α-hetero) is 1. The topological polar surface area (TPSA) is 34.0 Å². The van der Waals surface area contributed by atoms with Gasteiger partial charge in [0.05, 0.1) is 6.54 Å². The number of nitrogens with one attached hydrogen (secondary N) is 1. The van der Waals surface area contributed by atoms with Crippen LogP contribution < -0.4 is 5.32 Å². The summed E-state index contributed by atoms with van der Waals surface area (Å²) in [6, 6.07) is 6.25. The third kappa shape index (κ3) is 2.06. The minimum absolute atomic E-state index is 0.170. The van der Waals surface area contributed by atoms with Crippen molar-refractivity contribution in [3.05, 3.63) is 35.0 Å². The lowest BCUT2D eigenvalue weighted by atomic mass is 10.1. The van der Waals surface area contributed by atoms with Crippen LogP contribution in [0, 0.1) is 13.8 Å². The number of likely N-dealkylation sites (N-methyl/N-ethyl adjacent to an activating group) is 1. The first kappa shape index (κ1) is 12.8. The Labute approximate surface area is 108 Å². The lowest BCUT2D eigenvalue weighted by molar-refractivity contribution is 0.0992. The molecule has 0 radical (unpaired) electrons. The second kappa shape index (κ2) is 4.94. The van der Waals surface area contributed by atoms with Gasteiger partial charge in [0.2, 0.25) is 0 Å². The number of ketones is 1. The number of carbonyl (C=O) groups excluding carboxylic acids is 1. The predicted octanol–water partition coefficient (Wildman–Crippen LogP) is 2.59. The summed E-state index contributed by atoms with van der Waals surface area (Å²) in [6.45, 7) is 7.31. The molecule has 3 heteroatoms. The monoisotopic (exact) mass is 244 g/mol. The Morgan fingerprint density at radius 3 is 2.72 bits per heavy atom. The molecule has 0 amide bonds. The molecule has 0 aliphatic rings. The van der Waals surface area contributed by atoms with Gasteiger partial charge < -0.3 is 9.88 Å². The van der Waals surface area contributed by atoms with Crippen molar-refractivity contribution in [2.75, 3.05) is 13.1 Å². The second-order valence-corrected chi connectivity index (χ2v) is 4.74. The summed E-state index contributed by atoms with van der Waals surface area (Å²) in [4.78, 5) is 12.3. The van der Waals surface area contributed by atoms with Crippen LogP contribution in [-0.4, -0.2) is 23.4 Å². The molecule has 0 saturated heterocycles. The van der Waals surface area contributed by atoms with Crippen molar-refractivity contribution < 1.29 is 4.79 Å². The van der Waals surface area contributed by atoms with Crippen molar-refractivity contribution in [1.82, 2.24) is 9.88 Å². The fourth-order valence-corrected chi connectivity index (χ4v) is 2.35. The van der Waals surface area contributed by atoms with Gasteiger partial charge in [0.1, 0.15) is 0 Å². The zero-order chi connectivity index (χ0) is 13.3. The van der Waals surface area contributed by atoms with Gasteiger partial charge in [0.15, 0.2) is 5.78 Å². The van der Waals surface area contributed by atoms with Crippen LogP contribution >= 0.6 is 0 Å². The number of aromatic nitrogens is 1. The van der Waals surface area contributed by atoms with Crippen LogP contribution in [0.2, 0.25) is 0 Å². The predicted molar refractivity (Wildman–Crippen MR) is 75.3 cm³/mol. The molecule has 0 aliphatic carbocycles. The van der Waals surface area contributed by atoms with Gasteiger partial charge in [-0.25, -0.2) is 0 Å². The molecular weight excluding hydrogens is 224 g/mol. The molecule has 0 spiro atoms. The Balaban J connectivity index is 2.57. The van der Waals surface area contributed by atoms with E-state index in [1.165, 1.54) is 5.56 Å². The minimum atomic E-state index is 0.170. The maximum absolute atomic E-state index is 12.3. The van der Waals surface area contributed by atoms with E-state index in [1.807, 2.05) is 20.9 Å². The van der Waals surface area contributed by atoms with Gasteiger partial charge in [-0.1, -0.05) is 19.1 Å². The van der Waals surface area contributed by atoms with E-state index in [-0.39, 0.29) is 5.78 Å². The van der Waals surface area contributed by atoms with Crippen LogP contribution in [0.25, 0.3) is 10.9 Å². The SMILES string of the molecule is CCNCC(=O)c1c(C)n(C)c2cc(C)ccc12. The summed E-state index contributed by atoms with van der Waals surface area (Å²) in [5, 5.41) is 4.16.